The lowest BCUT2D eigenvalue weighted by Crippen LogP contribution is -2.41. The van der Waals surface area contributed by atoms with Crippen LogP contribution >= 0.6 is 0 Å². The summed E-state index contributed by atoms with van der Waals surface area (Å²) in [5.74, 6) is 0.481. The van der Waals surface area contributed by atoms with Gasteiger partial charge in [0.15, 0.2) is 0 Å². The van der Waals surface area contributed by atoms with Crippen molar-refractivity contribution in [2.24, 2.45) is 11.3 Å². The maximum Gasteiger partial charge on any atom is 0.0581 e. The van der Waals surface area contributed by atoms with E-state index in [1.165, 1.54) is 32.4 Å². The zero-order valence-electron chi connectivity index (χ0n) is 12.5. The van der Waals surface area contributed by atoms with E-state index in [0.717, 1.165) is 13.0 Å². The third kappa shape index (κ3) is 3.46. The molecule has 0 aromatic carbocycles. The summed E-state index contributed by atoms with van der Waals surface area (Å²) in [4.78, 5) is 4.89. The maximum atomic E-state index is 10.2. The number of likely N-dealkylation sites (N-methyl/N-ethyl adjacent to an activating group) is 1. The van der Waals surface area contributed by atoms with Crippen molar-refractivity contribution >= 4 is 0 Å². The molecule has 18 heavy (non-hydrogen) atoms. The summed E-state index contributed by atoms with van der Waals surface area (Å²) < 4.78 is 0. The molecule has 1 saturated heterocycles. The van der Waals surface area contributed by atoms with Gasteiger partial charge in [-0.1, -0.05) is 13.8 Å². The van der Waals surface area contributed by atoms with E-state index in [4.69, 9.17) is 0 Å². The first-order valence-corrected chi connectivity index (χ1v) is 7.44. The predicted molar refractivity (Wildman–Crippen MR) is 75.7 cm³/mol. The molecule has 2 aliphatic rings. The van der Waals surface area contributed by atoms with Gasteiger partial charge in [-0.25, -0.2) is 0 Å². The Bertz CT molecular complexity index is 278. The fourth-order valence-corrected chi connectivity index (χ4v) is 3.64. The molecular weight excluding hydrogens is 224 g/mol. The van der Waals surface area contributed by atoms with Gasteiger partial charge in [-0.3, -0.25) is 0 Å². The third-order valence-corrected chi connectivity index (χ3v) is 4.95. The van der Waals surface area contributed by atoms with Crippen molar-refractivity contribution in [2.45, 2.75) is 51.7 Å². The molecule has 3 nitrogen and oxygen atoms in total. The summed E-state index contributed by atoms with van der Waals surface area (Å²) in [6.45, 7) is 8.16. The molecule has 0 aromatic rings. The minimum atomic E-state index is -0.0727. The van der Waals surface area contributed by atoms with Crippen LogP contribution in [-0.4, -0.2) is 60.8 Å². The third-order valence-electron chi connectivity index (χ3n) is 4.95. The predicted octanol–water partition coefficient (Wildman–Crippen LogP) is 1.81. The lowest BCUT2D eigenvalue weighted by Gasteiger charge is -2.40. The van der Waals surface area contributed by atoms with Crippen LogP contribution in [0.2, 0.25) is 0 Å². The fraction of sp³-hybridized carbons (Fsp3) is 1.00. The first kappa shape index (κ1) is 14.3. The number of aliphatic hydroxyl groups is 1. The van der Waals surface area contributed by atoms with E-state index in [0.29, 0.717) is 17.4 Å². The highest BCUT2D eigenvalue weighted by atomic mass is 16.3. The highest BCUT2D eigenvalue weighted by molar-refractivity contribution is 4.89. The zero-order valence-corrected chi connectivity index (χ0v) is 12.5. The molecule has 3 unspecified atom stereocenters. The number of rotatable bonds is 3. The summed E-state index contributed by atoms with van der Waals surface area (Å²) in [6, 6.07) is 0.707. The average molecular weight is 254 g/mol. The molecule has 1 N–H and O–H groups in total. The van der Waals surface area contributed by atoms with Gasteiger partial charge in [0.2, 0.25) is 0 Å². The molecule has 3 heteroatoms. The van der Waals surface area contributed by atoms with Crippen molar-refractivity contribution in [3.05, 3.63) is 0 Å². The second kappa shape index (κ2) is 5.48. The summed E-state index contributed by atoms with van der Waals surface area (Å²) >= 11 is 0. The highest BCUT2D eigenvalue weighted by Gasteiger charge is 2.36. The minimum absolute atomic E-state index is 0.0727. The van der Waals surface area contributed by atoms with Crippen molar-refractivity contribution in [1.82, 2.24) is 9.80 Å². The van der Waals surface area contributed by atoms with E-state index >= 15 is 0 Å². The lowest BCUT2D eigenvalue weighted by molar-refractivity contribution is 0.00673. The van der Waals surface area contributed by atoms with E-state index in [1.54, 1.807) is 0 Å². The van der Waals surface area contributed by atoms with Crippen LogP contribution in [0, 0.1) is 11.3 Å². The van der Waals surface area contributed by atoms with Gasteiger partial charge in [0.05, 0.1) is 6.10 Å². The van der Waals surface area contributed by atoms with Crippen LogP contribution in [0.3, 0.4) is 0 Å². The van der Waals surface area contributed by atoms with E-state index < -0.39 is 0 Å². The quantitative estimate of drug-likeness (QED) is 0.832. The number of nitrogens with zero attached hydrogens (tertiary/aromatic N) is 2. The van der Waals surface area contributed by atoms with E-state index in [1.807, 2.05) is 0 Å². The van der Waals surface area contributed by atoms with Gasteiger partial charge in [-0.15, -0.1) is 0 Å². The molecule has 1 aliphatic carbocycles. The van der Waals surface area contributed by atoms with Crippen molar-refractivity contribution < 1.29 is 5.11 Å². The van der Waals surface area contributed by atoms with E-state index in [9.17, 15) is 5.11 Å². The molecule has 2 fully saturated rings. The fourth-order valence-electron chi connectivity index (χ4n) is 3.64. The van der Waals surface area contributed by atoms with Gasteiger partial charge in [0, 0.05) is 19.1 Å². The molecule has 0 bridgehead atoms. The average Bonchev–Trinajstić information content (AvgIpc) is 2.72. The van der Waals surface area contributed by atoms with Gasteiger partial charge >= 0.3 is 0 Å². The number of hydrogen-bond donors (Lipinski definition) is 1. The summed E-state index contributed by atoms with van der Waals surface area (Å²) in [7, 11) is 4.35. The SMILES string of the molecule is CN(C)C1CCN(CC2CC(C)(C)CCC2O)C1. The van der Waals surface area contributed by atoms with Gasteiger partial charge in [0.25, 0.3) is 0 Å². The molecule has 106 valence electrons. The molecule has 1 aliphatic heterocycles. The van der Waals surface area contributed by atoms with Crippen LogP contribution in [0.25, 0.3) is 0 Å². The lowest BCUT2D eigenvalue weighted by atomic mass is 9.71. The van der Waals surface area contributed by atoms with Crippen LogP contribution in [0.5, 0.6) is 0 Å². The van der Waals surface area contributed by atoms with Crippen molar-refractivity contribution in [2.75, 3.05) is 33.7 Å². The molecule has 3 atom stereocenters. The molecule has 0 radical (unpaired) electrons. The van der Waals surface area contributed by atoms with Crippen molar-refractivity contribution in [3.8, 4) is 0 Å². The molecule has 0 amide bonds. The monoisotopic (exact) mass is 254 g/mol. The zero-order chi connectivity index (χ0) is 13.3. The van der Waals surface area contributed by atoms with Gasteiger partial charge in [-0.2, -0.15) is 0 Å². The largest absolute Gasteiger partial charge is 0.393 e. The van der Waals surface area contributed by atoms with Crippen LogP contribution in [0.15, 0.2) is 0 Å². The Hall–Kier alpha value is -0.120. The van der Waals surface area contributed by atoms with Crippen LogP contribution in [0.1, 0.15) is 39.5 Å². The van der Waals surface area contributed by atoms with Crippen molar-refractivity contribution in [1.29, 1.82) is 0 Å². The number of likely N-dealkylation sites (tertiary alicyclic amines) is 1. The molecule has 0 spiro atoms. The Labute approximate surface area is 112 Å². The molecular formula is C15H30N2O. The Morgan fingerprint density at radius 3 is 2.61 bits per heavy atom. The molecule has 0 aromatic heterocycles. The summed E-state index contributed by atoms with van der Waals surface area (Å²) in [5.41, 5.74) is 0.421. The molecule has 2 rings (SSSR count). The van der Waals surface area contributed by atoms with Gasteiger partial charge in [0.1, 0.15) is 0 Å². The standard InChI is InChI=1S/C15H30N2O/c1-15(2)7-5-14(18)12(9-15)10-17-8-6-13(11-17)16(3)4/h12-14,18H,5-11H2,1-4H3. The van der Waals surface area contributed by atoms with Crippen LogP contribution in [-0.2, 0) is 0 Å². The topological polar surface area (TPSA) is 26.7 Å². The Balaban J connectivity index is 1.85. The minimum Gasteiger partial charge on any atom is -0.393 e. The van der Waals surface area contributed by atoms with Gasteiger partial charge in [-0.05, 0) is 57.7 Å². The highest BCUT2D eigenvalue weighted by Crippen LogP contribution is 2.39. The summed E-state index contributed by atoms with van der Waals surface area (Å²) in [5, 5.41) is 10.2. The number of hydrogen-bond acceptors (Lipinski definition) is 3. The maximum absolute atomic E-state index is 10.2. The Kier molecular flexibility index (Phi) is 4.35. The van der Waals surface area contributed by atoms with Crippen LogP contribution in [0.4, 0.5) is 0 Å². The second-order valence-corrected chi connectivity index (χ2v) is 7.40. The summed E-state index contributed by atoms with van der Waals surface area (Å²) in [6.07, 6.45) is 4.54. The van der Waals surface area contributed by atoms with Crippen LogP contribution < -0.4 is 0 Å². The first-order valence-electron chi connectivity index (χ1n) is 7.44. The smallest absolute Gasteiger partial charge is 0.0581 e. The molecule has 1 saturated carbocycles. The first-order chi connectivity index (χ1) is 8.37. The van der Waals surface area contributed by atoms with E-state index in [-0.39, 0.29) is 6.10 Å². The Morgan fingerprint density at radius 2 is 2.00 bits per heavy atom. The van der Waals surface area contributed by atoms with Crippen molar-refractivity contribution in [3.63, 3.8) is 0 Å². The van der Waals surface area contributed by atoms with E-state index in [2.05, 4.69) is 37.7 Å². The number of aliphatic hydroxyl groups excluding tert-OH is 1. The molecule has 1 heterocycles. The van der Waals surface area contributed by atoms with Gasteiger partial charge < -0.3 is 14.9 Å². The Morgan fingerprint density at radius 1 is 1.28 bits per heavy atom. The normalized spacial score (nSPS) is 37.3. The second-order valence-electron chi connectivity index (χ2n) is 7.40.